The van der Waals surface area contributed by atoms with E-state index in [-0.39, 0.29) is 0 Å². The molecule has 8 nitrogen and oxygen atoms in total. The first-order valence-corrected chi connectivity index (χ1v) is 25.2. The van der Waals surface area contributed by atoms with Gasteiger partial charge in [-0.25, -0.2) is 0 Å². The lowest BCUT2D eigenvalue weighted by molar-refractivity contribution is 1.13. The van der Waals surface area contributed by atoms with E-state index in [2.05, 4.69) is 137 Å². The molecule has 0 unspecified atom stereocenters. The summed E-state index contributed by atoms with van der Waals surface area (Å²) in [5.74, 6) is 0. The smallest absolute Gasteiger partial charge is 0.0998 e. The van der Waals surface area contributed by atoms with Gasteiger partial charge in [0.2, 0.25) is 0 Å². The molecule has 78 heavy (non-hydrogen) atoms. The average molecular weight is 991 g/mol. The monoisotopic (exact) mass is 990 g/mol. The highest BCUT2D eigenvalue weighted by atomic mass is 15.0. The Labute approximate surface area is 448 Å². The van der Waals surface area contributed by atoms with Crippen LogP contribution in [0.25, 0.3) is 122 Å². The molecule has 0 saturated heterocycles. The van der Waals surface area contributed by atoms with E-state index in [1.165, 1.54) is 0 Å². The van der Waals surface area contributed by atoms with E-state index in [9.17, 15) is 26.3 Å². The SMILES string of the molecule is N#Cc1ccc(-c2ccc(-c3ccncc3-n3c4ccc(-c5ccccc5C#N)cc4c4cc(-c5ccccc5C#N)ccc43)c(-n3c4ccc(-c5ccccc5C#N)cc4c4cc(-c5ccccc5C#N)ccc43)c2)cc1. The molecular weight excluding hydrogens is 953 g/mol. The summed E-state index contributed by atoms with van der Waals surface area (Å²) in [6, 6.07) is 84.0. The summed E-state index contributed by atoms with van der Waals surface area (Å²) < 4.78 is 4.57. The molecule has 3 heterocycles. The normalized spacial score (nSPS) is 11.0. The molecule has 0 N–H and O–H groups in total. The molecule has 0 radical (unpaired) electrons. The molecule has 8 heteroatoms. The molecule has 0 aliphatic carbocycles. The lowest BCUT2D eigenvalue weighted by Gasteiger charge is -2.19. The molecule has 0 amide bonds. The van der Waals surface area contributed by atoms with Crippen LogP contribution in [0.4, 0.5) is 0 Å². The summed E-state index contributed by atoms with van der Waals surface area (Å²) in [5, 5.41) is 54.6. The van der Waals surface area contributed by atoms with Crippen LogP contribution in [-0.4, -0.2) is 14.1 Å². The highest BCUT2D eigenvalue weighted by Crippen LogP contribution is 2.45. The third-order valence-electron chi connectivity index (χ3n) is 14.9. The molecule has 13 rings (SSSR count). The lowest BCUT2D eigenvalue weighted by atomic mass is 9.96. The second-order valence-electron chi connectivity index (χ2n) is 19.0. The molecule has 0 aliphatic heterocycles. The maximum absolute atomic E-state index is 10.3. The van der Waals surface area contributed by atoms with Gasteiger partial charge in [-0.15, -0.1) is 0 Å². The predicted molar refractivity (Wildman–Crippen MR) is 309 cm³/mol. The fourth-order valence-corrected chi connectivity index (χ4v) is 11.2. The number of aromatic nitrogens is 3. The first-order chi connectivity index (χ1) is 38.5. The van der Waals surface area contributed by atoms with E-state index in [4.69, 9.17) is 4.98 Å². The minimum Gasteiger partial charge on any atom is -0.309 e. The van der Waals surface area contributed by atoms with Gasteiger partial charge in [-0.05, 0) is 153 Å². The molecule has 0 fully saturated rings. The maximum atomic E-state index is 10.3. The van der Waals surface area contributed by atoms with Crippen LogP contribution in [0.3, 0.4) is 0 Å². The maximum Gasteiger partial charge on any atom is 0.0998 e. The van der Waals surface area contributed by atoms with Crippen LogP contribution >= 0.6 is 0 Å². The van der Waals surface area contributed by atoms with Crippen molar-refractivity contribution in [3.8, 4) is 108 Å². The Morgan fingerprint density at radius 1 is 0.282 bits per heavy atom. The van der Waals surface area contributed by atoms with E-state index in [0.717, 1.165) is 122 Å². The van der Waals surface area contributed by atoms with Crippen molar-refractivity contribution in [1.29, 1.82) is 26.3 Å². The van der Waals surface area contributed by atoms with Gasteiger partial charge < -0.3 is 9.13 Å². The molecule has 0 aliphatic rings. The van der Waals surface area contributed by atoms with Gasteiger partial charge in [-0.3, -0.25) is 4.98 Å². The Bertz CT molecular complexity index is 4630. The number of benzene rings is 10. The van der Waals surface area contributed by atoms with Crippen LogP contribution in [0.1, 0.15) is 27.8 Å². The quantitative estimate of drug-likeness (QED) is 0.148. The Morgan fingerprint density at radius 2 is 0.628 bits per heavy atom. The third-order valence-corrected chi connectivity index (χ3v) is 14.9. The van der Waals surface area contributed by atoms with Gasteiger partial charge in [0.15, 0.2) is 0 Å². The number of rotatable bonds is 8. The number of pyridine rings is 1. The van der Waals surface area contributed by atoms with Gasteiger partial charge >= 0.3 is 0 Å². The van der Waals surface area contributed by atoms with Crippen LogP contribution in [0.5, 0.6) is 0 Å². The van der Waals surface area contributed by atoms with Crippen LogP contribution in [0.15, 0.2) is 231 Å². The van der Waals surface area contributed by atoms with E-state index in [1.54, 1.807) is 0 Å². The summed E-state index contributed by atoms with van der Waals surface area (Å²) in [5.41, 5.74) is 18.9. The van der Waals surface area contributed by atoms with Crippen LogP contribution in [0, 0.1) is 56.7 Å². The number of nitriles is 5. The van der Waals surface area contributed by atoms with Crippen molar-refractivity contribution < 1.29 is 0 Å². The standard InChI is InChI=1S/C70H38N8/c71-38-44-17-19-45(20-18-44)46-21-26-59(69(37-46)77-65-27-22-47(55-13-5-1-9-51(55)39-72)33-61(65)62-34-48(23-28-66(62)77)56-14-6-2-10-52(56)40-73)60-31-32-76-43-70(60)78-67-29-24-49(57-15-7-3-11-53(57)41-74)35-63(67)64-36-50(25-30-68(64)78)58-16-8-4-12-54(58)42-75/h1-37,43H. The van der Waals surface area contributed by atoms with Crippen molar-refractivity contribution in [2.45, 2.75) is 0 Å². The zero-order chi connectivity index (χ0) is 52.9. The summed E-state index contributed by atoms with van der Waals surface area (Å²) in [6.45, 7) is 0. The second-order valence-corrected chi connectivity index (χ2v) is 19.0. The molecule has 13 aromatic rings. The van der Waals surface area contributed by atoms with E-state index in [0.29, 0.717) is 27.8 Å². The van der Waals surface area contributed by atoms with Gasteiger partial charge in [0.1, 0.15) is 0 Å². The molecule has 358 valence electrons. The van der Waals surface area contributed by atoms with Crippen molar-refractivity contribution in [1.82, 2.24) is 14.1 Å². The first kappa shape index (κ1) is 46.2. The Kier molecular flexibility index (Phi) is 11.3. The first-order valence-electron chi connectivity index (χ1n) is 25.2. The van der Waals surface area contributed by atoms with Gasteiger partial charge in [0, 0.05) is 38.9 Å². The van der Waals surface area contributed by atoms with Gasteiger partial charge in [-0.1, -0.05) is 121 Å². The van der Waals surface area contributed by atoms with Crippen molar-refractivity contribution in [2.24, 2.45) is 0 Å². The Morgan fingerprint density at radius 3 is 1.01 bits per heavy atom. The summed E-state index contributed by atoms with van der Waals surface area (Å²) in [6.07, 6.45) is 3.73. The van der Waals surface area contributed by atoms with Gasteiger partial charge in [-0.2, -0.15) is 26.3 Å². The minimum atomic E-state index is 0.566. The molecule has 0 spiro atoms. The lowest BCUT2D eigenvalue weighted by Crippen LogP contribution is -2.02. The Balaban J connectivity index is 1.10. The molecule has 3 aromatic heterocycles. The summed E-state index contributed by atoms with van der Waals surface area (Å²) in [4.78, 5) is 4.82. The van der Waals surface area contributed by atoms with E-state index >= 15 is 0 Å². The number of hydrogen-bond acceptors (Lipinski definition) is 6. The molecular formula is C70H38N8. The van der Waals surface area contributed by atoms with E-state index < -0.39 is 0 Å². The molecule has 0 saturated carbocycles. The highest BCUT2D eigenvalue weighted by molar-refractivity contribution is 6.14. The summed E-state index contributed by atoms with van der Waals surface area (Å²) in [7, 11) is 0. The van der Waals surface area contributed by atoms with Crippen molar-refractivity contribution in [2.75, 3.05) is 0 Å². The predicted octanol–water partition coefficient (Wildman–Crippen LogP) is 16.6. The average Bonchev–Trinajstić information content (AvgIpc) is 4.25. The van der Waals surface area contributed by atoms with Crippen LogP contribution in [0.2, 0.25) is 0 Å². The zero-order valence-corrected chi connectivity index (χ0v) is 41.5. The van der Waals surface area contributed by atoms with Gasteiger partial charge in [0.05, 0.1) is 97.8 Å². The van der Waals surface area contributed by atoms with E-state index in [1.807, 2.05) is 134 Å². The number of hydrogen-bond donors (Lipinski definition) is 0. The van der Waals surface area contributed by atoms with Crippen molar-refractivity contribution in [3.05, 3.63) is 259 Å². The van der Waals surface area contributed by atoms with Gasteiger partial charge in [0.25, 0.3) is 0 Å². The van der Waals surface area contributed by atoms with Crippen molar-refractivity contribution in [3.63, 3.8) is 0 Å². The zero-order valence-electron chi connectivity index (χ0n) is 41.5. The number of nitrogens with zero attached hydrogens (tertiary/aromatic N) is 8. The second kappa shape index (κ2) is 19.0. The van der Waals surface area contributed by atoms with Crippen LogP contribution in [-0.2, 0) is 0 Å². The van der Waals surface area contributed by atoms with Crippen LogP contribution < -0.4 is 0 Å². The molecule has 10 aromatic carbocycles. The molecule has 0 bridgehead atoms. The highest BCUT2D eigenvalue weighted by Gasteiger charge is 2.24. The largest absolute Gasteiger partial charge is 0.309 e. The fraction of sp³-hybridized carbons (Fsp3) is 0. The minimum absolute atomic E-state index is 0.566. The fourth-order valence-electron chi connectivity index (χ4n) is 11.2. The number of fused-ring (bicyclic) bond motifs is 6. The topological polar surface area (TPSA) is 142 Å². The third kappa shape index (κ3) is 7.61. The van der Waals surface area contributed by atoms with Crippen molar-refractivity contribution >= 4 is 43.6 Å². The molecule has 0 atom stereocenters. The Hall–Kier alpha value is -11.6. The summed E-state index contributed by atoms with van der Waals surface area (Å²) >= 11 is 0.